The third-order valence-electron chi connectivity index (χ3n) is 3.16. The lowest BCUT2D eigenvalue weighted by molar-refractivity contribution is 0.0374. The second kappa shape index (κ2) is 7.06. The van der Waals surface area contributed by atoms with Gasteiger partial charge in [0.2, 0.25) is 0 Å². The number of rotatable bonds is 4. The molecule has 1 fully saturated rings. The van der Waals surface area contributed by atoms with Crippen molar-refractivity contribution < 1.29 is 4.74 Å². The van der Waals surface area contributed by atoms with Crippen LogP contribution in [0.3, 0.4) is 0 Å². The van der Waals surface area contributed by atoms with Crippen molar-refractivity contribution in [2.24, 2.45) is 0 Å². The number of pyridine rings is 1. The van der Waals surface area contributed by atoms with Crippen LogP contribution in [0, 0.1) is 11.3 Å². The van der Waals surface area contributed by atoms with Gasteiger partial charge in [-0.25, -0.2) is 4.98 Å². The first-order chi connectivity index (χ1) is 9.20. The summed E-state index contributed by atoms with van der Waals surface area (Å²) in [5, 5.41) is 9.62. The van der Waals surface area contributed by atoms with Gasteiger partial charge in [0.05, 0.1) is 18.8 Å². The Hall–Kier alpha value is -0.860. The molecule has 1 aromatic rings. The van der Waals surface area contributed by atoms with E-state index in [1.54, 1.807) is 6.07 Å². The average Bonchev–Trinajstić information content (AvgIpc) is 2.39. The monoisotopic (exact) mass is 299 g/mol. The third-order valence-corrected chi connectivity index (χ3v) is 3.63. The quantitative estimate of drug-likeness (QED) is 0.802. The molecule has 0 unspecified atom stereocenters. The summed E-state index contributed by atoms with van der Waals surface area (Å²) in [6, 6.07) is 3.82. The van der Waals surface area contributed by atoms with E-state index < -0.39 is 0 Å². The maximum absolute atomic E-state index is 9.09. The van der Waals surface area contributed by atoms with Crippen molar-refractivity contribution in [3.8, 4) is 6.07 Å². The molecule has 0 atom stereocenters. The Morgan fingerprint density at radius 1 is 1.37 bits per heavy atom. The number of aromatic nitrogens is 1. The van der Waals surface area contributed by atoms with Crippen LogP contribution < -0.4 is 0 Å². The second-order valence-electron chi connectivity index (χ2n) is 4.44. The lowest BCUT2D eigenvalue weighted by Crippen LogP contribution is -2.36. The summed E-state index contributed by atoms with van der Waals surface area (Å²) in [4.78, 5) is 6.25. The van der Waals surface area contributed by atoms with Crippen molar-refractivity contribution in [1.82, 2.24) is 9.88 Å². The van der Waals surface area contributed by atoms with Crippen LogP contribution in [0.2, 0.25) is 10.3 Å². The first-order valence-corrected chi connectivity index (χ1v) is 7.01. The van der Waals surface area contributed by atoms with Gasteiger partial charge in [0.1, 0.15) is 16.4 Å². The predicted octanol–water partition coefficient (Wildman–Crippen LogP) is 2.52. The molecule has 1 aromatic heterocycles. The fourth-order valence-corrected chi connectivity index (χ4v) is 2.68. The highest BCUT2D eigenvalue weighted by Gasteiger charge is 2.12. The molecule has 0 bridgehead atoms. The molecule has 6 heteroatoms. The van der Waals surface area contributed by atoms with Gasteiger partial charge in [0.25, 0.3) is 0 Å². The highest BCUT2D eigenvalue weighted by molar-refractivity contribution is 6.33. The Morgan fingerprint density at radius 3 is 2.79 bits per heavy atom. The first kappa shape index (κ1) is 14.5. The molecule has 0 amide bonds. The van der Waals surface area contributed by atoms with Gasteiger partial charge in [-0.05, 0) is 31.0 Å². The van der Waals surface area contributed by atoms with Crippen LogP contribution in [0.15, 0.2) is 6.07 Å². The Labute approximate surface area is 122 Å². The van der Waals surface area contributed by atoms with E-state index in [2.05, 4.69) is 16.0 Å². The van der Waals surface area contributed by atoms with Crippen molar-refractivity contribution >= 4 is 23.2 Å². The summed E-state index contributed by atoms with van der Waals surface area (Å²) in [7, 11) is 0. The molecule has 2 rings (SSSR count). The van der Waals surface area contributed by atoms with E-state index in [0.29, 0.717) is 10.7 Å². The molecule has 0 saturated carbocycles. The third kappa shape index (κ3) is 4.05. The van der Waals surface area contributed by atoms with Gasteiger partial charge < -0.3 is 4.74 Å². The zero-order valence-corrected chi connectivity index (χ0v) is 12.0. The number of hydrogen-bond donors (Lipinski definition) is 0. The van der Waals surface area contributed by atoms with Crippen molar-refractivity contribution in [3.63, 3.8) is 0 Å². The topological polar surface area (TPSA) is 49.2 Å². The zero-order valence-electron chi connectivity index (χ0n) is 10.5. The van der Waals surface area contributed by atoms with Crippen LogP contribution in [0.5, 0.6) is 0 Å². The Bertz CT molecular complexity index is 482. The van der Waals surface area contributed by atoms with E-state index in [1.807, 2.05) is 0 Å². The minimum absolute atomic E-state index is 0.191. The van der Waals surface area contributed by atoms with Crippen LogP contribution in [-0.2, 0) is 11.2 Å². The van der Waals surface area contributed by atoms with Crippen molar-refractivity contribution in [3.05, 3.63) is 27.5 Å². The normalized spacial score (nSPS) is 16.3. The van der Waals surface area contributed by atoms with Crippen molar-refractivity contribution in [1.29, 1.82) is 5.26 Å². The van der Waals surface area contributed by atoms with Crippen LogP contribution in [-0.4, -0.2) is 42.7 Å². The van der Waals surface area contributed by atoms with Crippen LogP contribution in [0.25, 0.3) is 0 Å². The standard InChI is InChI=1S/C13H15Cl2N3O/c14-12-8-10(11(9-16)13(15)17-12)2-1-3-18-4-6-19-7-5-18/h8H,1-7H2. The van der Waals surface area contributed by atoms with Gasteiger partial charge in [-0.1, -0.05) is 23.2 Å². The smallest absolute Gasteiger partial charge is 0.148 e. The molecule has 19 heavy (non-hydrogen) atoms. The van der Waals surface area contributed by atoms with Crippen LogP contribution in [0.1, 0.15) is 17.5 Å². The minimum Gasteiger partial charge on any atom is -0.379 e. The molecular formula is C13H15Cl2N3O. The lowest BCUT2D eigenvalue weighted by atomic mass is 10.1. The SMILES string of the molecule is N#Cc1c(CCCN2CCOCC2)cc(Cl)nc1Cl. The Morgan fingerprint density at radius 2 is 2.11 bits per heavy atom. The predicted molar refractivity (Wildman–Crippen MR) is 74.6 cm³/mol. The lowest BCUT2D eigenvalue weighted by Gasteiger charge is -2.26. The zero-order chi connectivity index (χ0) is 13.7. The highest BCUT2D eigenvalue weighted by atomic mass is 35.5. The molecule has 1 aliphatic rings. The summed E-state index contributed by atoms with van der Waals surface area (Å²) < 4.78 is 5.30. The molecule has 0 aliphatic carbocycles. The number of halogens is 2. The molecule has 0 spiro atoms. The summed E-state index contributed by atoms with van der Waals surface area (Å²) in [6.07, 6.45) is 1.74. The number of nitriles is 1. The molecule has 1 saturated heterocycles. The molecule has 0 N–H and O–H groups in total. The van der Waals surface area contributed by atoms with Crippen LogP contribution >= 0.6 is 23.2 Å². The van der Waals surface area contributed by atoms with E-state index in [4.69, 9.17) is 33.2 Å². The number of hydrogen-bond acceptors (Lipinski definition) is 4. The number of aryl methyl sites for hydroxylation is 1. The molecule has 0 aromatic carbocycles. The van der Waals surface area contributed by atoms with Crippen molar-refractivity contribution in [2.45, 2.75) is 12.8 Å². The van der Waals surface area contributed by atoms with E-state index in [0.717, 1.165) is 51.3 Å². The molecule has 1 aliphatic heterocycles. The number of morpholine rings is 1. The van der Waals surface area contributed by atoms with Gasteiger partial charge in [0.15, 0.2) is 0 Å². The first-order valence-electron chi connectivity index (χ1n) is 6.26. The molecule has 0 radical (unpaired) electrons. The summed E-state index contributed by atoms with van der Waals surface area (Å²) in [5.74, 6) is 0. The summed E-state index contributed by atoms with van der Waals surface area (Å²) >= 11 is 11.8. The minimum atomic E-state index is 0.191. The maximum Gasteiger partial charge on any atom is 0.148 e. The van der Waals surface area contributed by atoms with E-state index >= 15 is 0 Å². The van der Waals surface area contributed by atoms with E-state index in [9.17, 15) is 0 Å². The summed E-state index contributed by atoms with van der Waals surface area (Å²) in [5.41, 5.74) is 1.31. The largest absolute Gasteiger partial charge is 0.379 e. The van der Waals surface area contributed by atoms with Gasteiger partial charge in [0, 0.05) is 13.1 Å². The average molecular weight is 300 g/mol. The summed E-state index contributed by atoms with van der Waals surface area (Å²) in [6.45, 7) is 4.55. The van der Waals surface area contributed by atoms with Gasteiger partial charge >= 0.3 is 0 Å². The number of nitrogens with zero attached hydrogens (tertiary/aromatic N) is 3. The van der Waals surface area contributed by atoms with Gasteiger partial charge in [-0.3, -0.25) is 4.90 Å². The fourth-order valence-electron chi connectivity index (χ4n) is 2.16. The van der Waals surface area contributed by atoms with E-state index in [1.165, 1.54) is 0 Å². The molecular weight excluding hydrogens is 285 g/mol. The number of ether oxygens (including phenoxy) is 1. The second-order valence-corrected chi connectivity index (χ2v) is 5.18. The maximum atomic E-state index is 9.09. The van der Waals surface area contributed by atoms with Crippen molar-refractivity contribution in [2.75, 3.05) is 32.8 Å². The van der Waals surface area contributed by atoms with Gasteiger partial charge in [-0.15, -0.1) is 0 Å². The van der Waals surface area contributed by atoms with Gasteiger partial charge in [-0.2, -0.15) is 5.26 Å². The molecule has 102 valence electrons. The van der Waals surface area contributed by atoms with Crippen LogP contribution in [0.4, 0.5) is 0 Å². The molecule has 2 heterocycles. The molecule has 4 nitrogen and oxygen atoms in total. The Balaban J connectivity index is 1.93. The fraction of sp³-hybridized carbons (Fsp3) is 0.538. The van der Waals surface area contributed by atoms with E-state index in [-0.39, 0.29) is 5.15 Å². The Kier molecular flexibility index (Phi) is 5.41. The highest BCUT2D eigenvalue weighted by Crippen LogP contribution is 2.22.